The van der Waals surface area contributed by atoms with Crippen LogP contribution in [0.2, 0.25) is 0 Å². The number of hydrogen-bond donors (Lipinski definition) is 1. The molecule has 1 N–H and O–H groups in total. The van der Waals surface area contributed by atoms with Gasteiger partial charge in [0.05, 0.1) is 12.8 Å². The molecule has 0 atom stereocenters. The second-order valence-corrected chi connectivity index (χ2v) is 3.44. The average Bonchev–Trinajstić information content (AvgIpc) is 2.79. The molecular weight excluding hydrogens is 220 g/mol. The van der Waals surface area contributed by atoms with Gasteiger partial charge in [-0.15, -0.1) is 0 Å². The van der Waals surface area contributed by atoms with E-state index >= 15 is 0 Å². The van der Waals surface area contributed by atoms with Crippen molar-refractivity contribution >= 4 is 6.21 Å². The third-order valence-electron chi connectivity index (χ3n) is 2.12. The van der Waals surface area contributed by atoms with Gasteiger partial charge in [0.2, 0.25) is 0 Å². The highest BCUT2D eigenvalue weighted by molar-refractivity contribution is 5.75. The Hall–Kier alpha value is -2.14. The Kier molecular flexibility index (Phi) is 3.88. The Morgan fingerprint density at radius 3 is 2.88 bits per heavy atom. The van der Waals surface area contributed by atoms with Crippen molar-refractivity contribution < 1.29 is 14.5 Å². The van der Waals surface area contributed by atoms with Crippen molar-refractivity contribution in [3.05, 3.63) is 53.4 Å². The third-order valence-corrected chi connectivity index (χ3v) is 2.12. The van der Waals surface area contributed by atoms with E-state index in [-0.39, 0.29) is 0 Å². The molecule has 17 heavy (non-hydrogen) atoms. The highest BCUT2D eigenvalue weighted by Crippen LogP contribution is 2.06. The van der Waals surface area contributed by atoms with Crippen molar-refractivity contribution in [1.82, 2.24) is 5.16 Å². The summed E-state index contributed by atoms with van der Waals surface area (Å²) in [5, 5.41) is 14.8. The molecule has 0 radical (unpaired) electrons. The Labute approximate surface area is 98.3 Å². The summed E-state index contributed by atoms with van der Waals surface area (Å²) >= 11 is 0. The van der Waals surface area contributed by atoms with Crippen molar-refractivity contribution in [3.8, 4) is 0 Å². The van der Waals surface area contributed by atoms with Gasteiger partial charge in [-0.3, -0.25) is 0 Å². The van der Waals surface area contributed by atoms with E-state index in [1.807, 2.05) is 30.3 Å². The van der Waals surface area contributed by atoms with Crippen LogP contribution in [-0.2, 0) is 18.0 Å². The summed E-state index contributed by atoms with van der Waals surface area (Å²) in [6, 6.07) is 11.5. The lowest BCUT2D eigenvalue weighted by molar-refractivity contribution is 0.0884. The summed E-state index contributed by atoms with van der Waals surface area (Å²) in [6.07, 6.45) is 1.20. The minimum atomic E-state index is 0.334. The summed E-state index contributed by atoms with van der Waals surface area (Å²) in [5.74, 6) is 0.593. The first-order valence-corrected chi connectivity index (χ1v) is 5.13. The normalized spacial score (nSPS) is 11.1. The molecule has 1 aromatic carbocycles. The quantitative estimate of drug-likeness (QED) is 0.487. The lowest BCUT2D eigenvalue weighted by Gasteiger charge is -2.00. The minimum Gasteiger partial charge on any atom is -0.411 e. The summed E-state index contributed by atoms with van der Waals surface area (Å²) in [6.45, 7) is 0.853. The number of hydrogen-bond acceptors (Lipinski definition) is 5. The van der Waals surface area contributed by atoms with Gasteiger partial charge in [0.1, 0.15) is 12.3 Å². The fourth-order valence-corrected chi connectivity index (χ4v) is 1.36. The molecule has 2 aromatic rings. The Morgan fingerprint density at radius 1 is 1.29 bits per heavy atom. The Balaban J connectivity index is 1.82. The standard InChI is InChI=1S/C12H12N2O3/c15-13-7-11-6-12(17-14-11)9-16-8-10-4-2-1-3-5-10/h1-7,15H,8-9H2. The van der Waals surface area contributed by atoms with E-state index in [1.54, 1.807) is 6.07 Å². The van der Waals surface area contributed by atoms with Crippen LogP contribution in [0.1, 0.15) is 17.0 Å². The van der Waals surface area contributed by atoms with Crippen molar-refractivity contribution in [2.45, 2.75) is 13.2 Å². The van der Waals surface area contributed by atoms with Crippen molar-refractivity contribution in [3.63, 3.8) is 0 Å². The number of nitrogens with zero attached hydrogens (tertiary/aromatic N) is 2. The van der Waals surface area contributed by atoms with Crippen LogP contribution in [0, 0.1) is 0 Å². The number of aromatic nitrogens is 1. The first-order valence-electron chi connectivity index (χ1n) is 5.13. The van der Waals surface area contributed by atoms with Gasteiger partial charge >= 0.3 is 0 Å². The van der Waals surface area contributed by atoms with Crippen LogP contribution in [0.5, 0.6) is 0 Å². The molecule has 0 bridgehead atoms. The average molecular weight is 232 g/mol. The highest BCUT2D eigenvalue weighted by Gasteiger charge is 2.02. The van der Waals surface area contributed by atoms with Gasteiger partial charge in [-0.25, -0.2) is 0 Å². The van der Waals surface area contributed by atoms with Crippen LogP contribution in [0.3, 0.4) is 0 Å². The maximum Gasteiger partial charge on any atom is 0.163 e. The molecule has 2 rings (SSSR count). The fraction of sp³-hybridized carbons (Fsp3) is 0.167. The lowest BCUT2D eigenvalue weighted by Crippen LogP contribution is -1.92. The number of oxime groups is 1. The van der Waals surface area contributed by atoms with Crippen molar-refractivity contribution in [1.29, 1.82) is 0 Å². The predicted octanol–water partition coefficient (Wildman–Crippen LogP) is 2.20. The molecule has 0 amide bonds. The van der Waals surface area contributed by atoms with Gasteiger partial charge in [-0.2, -0.15) is 0 Å². The molecular formula is C12H12N2O3. The van der Waals surface area contributed by atoms with E-state index in [0.29, 0.717) is 24.7 Å². The summed E-state index contributed by atoms with van der Waals surface area (Å²) in [7, 11) is 0. The molecule has 5 nitrogen and oxygen atoms in total. The summed E-state index contributed by atoms with van der Waals surface area (Å²) in [4.78, 5) is 0. The third kappa shape index (κ3) is 3.42. The molecule has 88 valence electrons. The lowest BCUT2D eigenvalue weighted by atomic mass is 10.2. The first kappa shape index (κ1) is 11.3. The van der Waals surface area contributed by atoms with Gasteiger partial charge < -0.3 is 14.5 Å². The molecule has 0 saturated heterocycles. The molecule has 5 heteroatoms. The summed E-state index contributed by atoms with van der Waals surface area (Å²) < 4.78 is 10.4. The van der Waals surface area contributed by atoms with Crippen LogP contribution in [0.25, 0.3) is 0 Å². The largest absolute Gasteiger partial charge is 0.411 e. The second-order valence-electron chi connectivity index (χ2n) is 3.44. The smallest absolute Gasteiger partial charge is 0.163 e. The Bertz CT molecular complexity index is 480. The molecule has 0 fully saturated rings. The zero-order valence-electron chi connectivity index (χ0n) is 9.11. The van der Waals surface area contributed by atoms with Gasteiger partial charge in [0, 0.05) is 6.07 Å². The van der Waals surface area contributed by atoms with E-state index in [0.717, 1.165) is 5.56 Å². The predicted molar refractivity (Wildman–Crippen MR) is 60.8 cm³/mol. The molecule has 1 aromatic heterocycles. The molecule has 1 heterocycles. The number of ether oxygens (including phenoxy) is 1. The molecule has 0 spiro atoms. The molecule has 0 unspecified atom stereocenters. The van der Waals surface area contributed by atoms with Crippen molar-refractivity contribution in [2.75, 3.05) is 0 Å². The van der Waals surface area contributed by atoms with Gasteiger partial charge in [-0.1, -0.05) is 40.6 Å². The molecule has 0 saturated carbocycles. The van der Waals surface area contributed by atoms with Crippen LogP contribution in [-0.4, -0.2) is 16.6 Å². The van der Waals surface area contributed by atoms with E-state index in [2.05, 4.69) is 10.3 Å². The maximum absolute atomic E-state index is 8.31. The monoisotopic (exact) mass is 232 g/mol. The van der Waals surface area contributed by atoms with Crippen LogP contribution < -0.4 is 0 Å². The van der Waals surface area contributed by atoms with Crippen molar-refractivity contribution in [2.24, 2.45) is 5.16 Å². The number of benzene rings is 1. The van der Waals surface area contributed by atoms with E-state index < -0.39 is 0 Å². The maximum atomic E-state index is 8.31. The SMILES string of the molecule is ON=Cc1cc(COCc2ccccc2)on1. The van der Waals surface area contributed by atoms with Gasteiger partial charge in [0.15, 0.2) is 5.76 Å². The van der Waals surface area contributed by atoms with E-state index in [1.165, 1.54) is 6.21 Å². The minimum absolute atomic E-state index is 0.334. The topological polar surface area (TPSA) is 67.9 Å². The van der Waals surface area contributed by atoms with Crippen LogP contribution in [0.4, 0.5) is 0 Å². The van der Waals surface area contributed by atoms with E-state index in [9.17, 15) is 0 Å². The first-order chi connectivity index (χ1) is 8.38. The van der Waals surface area contributed by atoms with Crippen LogP contribution in [0.15, 0.2) is 46.1 Å². The zero-order valence-corrected chi connectivity index (χ0v) is 9.11. The fourth-order valence-electron chi connectivity index (χ4n) is 1.36. The second kappa shape index (κ2) is 5.81. The molecule has 0 aliphatic rings. The zero-order chi connectivity index (χ0) is 11.9. The number of rotatable bonds is 5. The van der Waals surface area contributed by atoms with Gasteiger partial charge in [-0.05, 0) is 5.56 Å². The Morgan fingerprint density at radius 2 is 2.12 bits per heavy atom. The van der Waals surface area contributed by atoms with E-state index in [4.69, 9.17) is 14.5 Å². The van der Waals surface area contributed by atoms with Gasteiger partial charge in [0.25, 0.3) is 0 Å². The van der Waals surface area contributed by atoms with Crippen LogP contribution >= 0.6 is 0 Å². The summed E-state index contributed by atoms with van der Waals surface area (Å²) in [5.41, 5.74) is 1.56. The highest BCUT2D eigenvalue weighted by atomic mass is 16.5. The molecule has 0 aliphatic heterocycles. The molecule has 0 aliphatic carbocycles.